The molecule has 2 aromatic carbocycles. The molecule has 9 nitrogen and oxygen atoms in total. The molecule has 3 rings (SSSR count). The zero-order chi connectivity index (χ0) is 23.8. The number of nitrogens with two attached hydrogens (primary N) is 1. The molecule has 0 fully saturated rings. The summed E-state index contributed by atoms with van der Waals surface area (Å²) in [6.45, 7) is 2.48. The first kappa shape index (κ1) is 23.9. The highest BCUT2D eigenvalue weighted by Gasteiger charge is 2.30. The predicted molar refractivity (Wildman–Crippen MR) is 120 cm³/mol. The molecule has 0 saturated heterocycles. The number of nitrogen functional groups attached to an aromatic ring is 1. The van der Waals surface area contributed by atoms with Crippen LogP contribution in [0.5, 0.6) is 5.75 Å². The Balaban J connectivity index is 1.52. The number of rotatable bonds is 9. The number of carbonyl (C=O) groups excluding carboxylic acids is 1. The summed E-state index contributed by atoms with van der Waals surface area (Å²) in [5, 5.41) is 14.4. The lowest BCUT2D eigenvalue weighted by atomic mass is 10.2. The van der Waals surface area contributed by atoms with Crippen molar-refractivity contribution in [3.05, 3.63) is 59.7 Å². The lowest BCUT2D eigenvalue weighted by molar-refractivity contribution is -0.137. The van der Waals surface area contributed by atoms with E-state index in [9.17, 15) is 18.0 Å². The van der Waals surface area contributed by atoms with Gasteiger partial charge in [-0.1, -0.05) is 17.8 Å². The number of thioether (sulfide) groups is 1. The number of hydrogen-bond acceptors (Lipinski definition) is 8. The van der Waals surface area contributed by atoms with Crippen molar-refractivity contribution in [2.24, 2.45) is 5.10 Å². The average Bonchev–Trinajstić information content (AvgIpc) is 3.13. The molecule has 0 aliphatic rings. The molecule has 174 valence electrons. The number of nitrogens with one attached hydrogen (secondary N) is 2. The number of carbonyl (C=O) groups is 1. The van der Waals surface area contributed by atoms with Crippen molar-refractivity contribution >= 4 is 35.5 Å². The Bertz CT molecular complexity index is 1120. The van der Waals surface area contributed by atoms with E-state index in [4.69, 9.17) is 10.6 Å². The molecule has 0 saturated carbocycles. The maximum atomic E-state index is 12.8. The van der Waals surface area contributed by atoms with Gasteiger partial charge in [0.1, 0.15) is 5.75 Å². The summed E-state index contributed by atoms with van der Waals surface area (Å²) in [5.41, 5.74) is 2.65. The Kier molecular flexibility index (Phi) is 7.77. The predicted octanol–water partition coefficient (Wildman–Crippen LogP) is 3.59. The number of hydrogen-bond donors (Lipinski definition) is 3. The monoisotopic (exact) mass is 479 g/mol. The molecule has 1 aromatic heterocycles. The van der Waals surface area contributed by atoms with Gasteiger partial charge in [-0.15, -0.1) is 10.2 Å². The van der Waals surface area contributed by atoms with E-state index in [1.54, 1.807) is 6.21 Å². The summed E-state index contributed by atoms with van der Waals surface area (Å²) in [4.78, 5) is 12.1. The average molecular weight is 479 g/mol. The number of alkyl halides is 3. The third-order valence-electron chi connectivity index (χ3n) is 4.04. The SMILES string of the molecule is CCOc1ccc(/C=N/Nc2nnc(SCC(=O)Nc3cccc(C(F)(F)F)c3)n2N)cc1. The van der Waals surface area contributed by atoms with Gasteiger partial charge < -0.3 is 15.9 Å². The standard InChI is InChI=1S/C20H20F3N7O2S/c1-2-32-16-8-6-13(7-9-16)11-25-27-18-28-29-19(30(18)24)33-12-17(31)26-15-5-3-4-14(10-15)20(21,22)23/h3-11H,2,12,24H2,1H3,(H,26,31)(H,27,28)/b25-11+. The summed E-state index contributed by atoms with van der Waals surface area (Å²) < 4.78 is 44.8. The topological polar surface area (TPSA) is 119 Å². The third kappa shape index (κ3) is 6.87. The van der Waals surface area contributed by atoms with Crippen molar-refractivity contribution in [2.75, 3.05) is 28.9 Å². The van der Waals surface area contributed by atoms with Gasteiger partial charge in [0.05, 0.1) is 24.1 Å². The number of anilines is 2. The highest BCUT2D eigenvalue weighted by atomic mass is 32.2. The van der Waals surface area contributed by atoms with Crippen LogP contribution >= 0.6 is 11.8 Å². The first-order valence-corrected chi connectivity index (χ1v) is 10.6. The van der Waals surface area contributed by atoms with Crippen LogP contribution in [0.4, 0.5) is 24.8 Å². The maximum Gasteiger partial charge on any atom is 0.416 e. The molecular weight excluding hydrogens is 459 g/mol. The second-order valence-electron chi connectivity index (χ2n) is 6.46. The van der Waals surface area contributed by atoms with Crippen LogP contribution in [0.25, 0.3) is 0 Å². The van der Waals surface area contributed by atoms with Crippen molar-refractivity contribution in [3.63, 3.8) is 0 Å². The molecular formula is C20H20F3N7O2S. The molecule has 0 bridgehead atoms. The molecule has 0 unspecified atom stereocenters. The zero-order valence-corrected chi connectivity index (χ0v) is 18.2. The van der Waals surface area contributed by atoms with E-state index in [0.29, 0.717) is 6.61 Å². The fraction of sp³-hybridized carbons (Fsp3) is 0.200. The minimum atomic E-state index is -4.50. The molecule has 0 atom stereocenters. The van der Waals surface area contributed by atoms with Crippen LogP contribution in [0.3, 0.4) is 0 Å². The highest BCUT2D eigenvalue weighted by Crippen LogP contribution is 2.30. The van der Waals surface area contributed by atoms with Gasteiger partial charge in [0.2, 0.25) is 11.1 Å². The van der Waals surface area contributed by atoms with Crippen molar-refractivity contribution < 1.29 is 22.7 Å². The lowest BCUT2D eigenvalue weighted by Gasteiger charge is -2.09. The number of benzene rings is 2. The minimum absolute atomic E-state index is 0.0376. The van der Waals surface area contributed by atoms with E-state index in [-0.39, 0.29) is 22.5 Å². The van der Waals surface area contributed by atoms with Gasteiger partial charge in [0, 0.05) is 5.69 Å². The summed E-state index contributed by atoms with van der Waals surface area (Å²) in [6.07, 6.45) is -2.94. The van der Waals surface area contributed by atoms with Crippen LogP contribution < -0.4 is 21.3 Å². The summed E-state index contributed by atoms with van der Waals surface area (Å²) in [5.74, 6) is 6.13. The van der Waals surface area contributed by atoms with Crippen molar-refractivity contribution in [2.45, 2.75) is 18.3 Å². The number of hydrazone groups is 1. The molecule has 4 N–H and O–H groups in total. The molecule has 0 aliphatic heterocycles. The Morgan fingerprint density at radius 1 is 1.24 bits per heavy atom. The Hall–Kier alpha value is -3.74. The van der Waals surface area contributed by atoms with Crippen LogP contribution in [0, 0.1) is 0 Å². The first-order valence-electron chi connectivity index (χ1n) is 9.58. The molecule has 13 heteroatoms. The lowest BCUT2D eigenvalue weighted by Crippen LogP contribution is -2.17. The molecule has 1 heterocycles. The number of nitrogens with zero attached hydrogens (tertiary/aromatic N) is 4. The van der Waals surface area contributed by atoms with Crippen molar-refractivity contribution in [1.29, 1.82) is 0 Å². The quantitative estimate of drug-likeness (QED) is 0.186. The Morgan fingerprint density at radius 2 is 2.00 bits per heavy atom. The third-order valence-corrected chi connectivity index (χ3v) is 4.98. The van der Waals surface area contributed by atoms with Crippen LogP contribution in [0.1, 0.15) is 18.1 Å². The number of amides is 1. The van der Waals surface area contributed by atoms with Crippen molar-refractivity contribution in [1.82, 2.24) is 14.9 Å². The van der Waals surface area contributed by atoms with Gasteiger partial charge in [-0.3, -0.25) is 4.79 Å². The van der Waals surface area contributed by atoms with Crippen molar-refractivity contribution in [3.8, 4) is 5.75 Å². The number of ether oxygens (including phenoxy) is 1. The van der Waals surface area contributed by atoms with Gasteiger partial charge >= 0.3 is 6.18 Å². The zero-order valence-electron chi connectivity index (χ0n) is 17.3. The molecule has 0 radical (unpaired) electrons. The first-order chi connectivity index (χ1) is 15.8. The second-order valence-corrected chi connectivity index (χ2v) is 7.41. The smallest absolute Gasteiger partial charge is 0.416 e. The maximum absolute atomic E-state index is 12.8. The fourth-order valence-electron chi connectivity index (χ4n) is 2.53. The summed E-state index contributed by atoms with van der Waals surface area (Å²) >= 11 is 0.965. The summed E-state index contributed by atoms with van der Waals surface area (Å²) in [7, 11) is 0. The molecule has 3 aromatic rings. The second kappa shape index (κ2) is 10.7. The fourth-order valence-corrected chi connectivity index (χ4v) is 3.19. The van der Waals surface area contributed by atoms with Gasteiger partial charge in [0.25, 0.3) is 5.95 Å². The minimum Gasteiger partial charge on any atom is -0.494 e. The molecule has 0 aliphatic carbocycles. The Morgan fingerprint density at radius 3 is 2.70 bits per heavy atom. The van der Waals surface area contributed by atoms with Crippen LogP contribution in [0.15, 0.2) is 58.8 Å². The summed E-state index contributed by atoms with van der Waals surface area (Å²) in [6, 6.07) is 11.7. The van der Waals surface area contributed by atoms with E-state index in [1.165, 1.54) is 12.1 Å². The molecule has 1 amide bonds. The normalized spacial score (nSPS) is 11.5. The largest absolute Gasteiger partial charge is 0.494 e. The van der Waals surface area contributed by atoms with E-state index >= 15 is 0 Å². The van der Waals surface area contributed by atoms with E-state index in [2.05, 4.69) is 26.0 Å². The van der Waals surface area contributed by atoms with E-state index in [0.717, 1.165) is 39.9 Å². The number of aromatic nitrogens is 3. The number of halogens is 3. The van der Waals surface area contributed by atoms with Gasteiger partial charge in [-0.2, -0.15) is 18.3 Å². The molecule has 33 heavy (non-hydrogen) atoms. The molecule has 0 spiro atoms. The van der Waals surface area contributed by atoms with E-state index < -0.39 is 17.6 Å². The van der Waals surface area contributed by atoms with E-state index in [1.807, 2.05) is 31.2 Å². The van der Waals surface area contributed by atoms with Crippen LogP contribution in [0.2, 0.25) is 0 Å². The van der Waals surface area contributed by atoms with Gasteiger partial charge in [0.15, 0.2) is 0 Å². The van der Waals surface area contributed by atoms with Crippen LogP contribution in [-0.4, -0.2) is 39.4 Å². The highest BCUT2D eigenvalue weighted by molar-refractivity contribution is 7.99. The Labute approximate surface area is 191 Å². The van der Waals surface area contributed by atoms with Crippen LogP contribution in [-0.2, 0) is 11.0 Å². The van der Waals surface area contributed by atoms with Gasteiger partial charge in [-0.25, -0.2) is 10.1 Å². The van der Waals surface area contributed by atoms with Gasteiger partial charge in [-0.05, 0) is 55.0 Å².